The van der Waals surface area contributed by atoms with Gasteiger partial charge in [0.2, 0.25) is 0 Å². The molecule has 27 heavy (non-hydrogen) atoms. The number of benzene rings is 1. The molecule has 0 unspecified atom stereocenters. The Labute approximate surface area is 162 Å². The molecule has 0 saturated heterocycles. The Morgan fingerprint density at radius 2 is 1.70 bits per heavy atom. The van der Waals surface area contributed by atoms with Crippen LogP contribution in [0.25, 0.3) is 0 Å². The fraction of sp³-hybridized carbons (Fsp3) is 0.636. The van der Waals surface area contributed by atoms with Gasteiger partial charge in [0.25, 0.3) is 0 Å². The monoisotopic (exact) mass is 380 g/mol. The number of hydrogen-bond donors (Lipinski definition) is 0. The van der Waals surface area contributed by atoms with Crippen molar-refractivity contribution in [1.29, 1.82) is 0 Å². The molecule has 0 fully saturated rings. The summed E-state index contributed by atoms with van der Waals surface area (Å²) in [6, 6.07) is 5.10. The lowest BCUT2D eigenvalue weighted by atomic mass is 9.83. The van der Waals surface area contributed by atoms with Gasteiger partial charge in [-0.25, -0.2) is 4.39 Å². The van der Waals surface area contributed by atoms with Crippen LogP contribution in [0, 0.1) is 24.6 Å². The van der Waals surface area contributed by atoms with Crippen molar-refractivity contribution in [3.05, 3.63) is 35.1 Å². The predicted molar refractivity (Wildman–Crippen MR) is 104 cm³/mol. The van der Waals surface area contributed by atoms with E-state index in [2.05, 4.69) is 0 Å². The number of carbonyl (C=O) groups is 2. The Hall–Kier alpha value is -1.91. The van der Waals surface area contributed by atoms with Gasteiger partial charge in [0, 0.05) is 5.92 Å². The molecule has 0 saturated carbocycles. The van der Waals surface area contributed by atoms with Crippen LogP contribution in [0.4, 0.5) is 4.39 Å². The molecule has 0 aliphatic heterocycles. The Bertz CT molecular complexity index is 661. The third-order valence-corrected chi connectivity index (χ3v) is 4.34. The summed E-state index contributed by atoms with van der Waals surface area (Å²) in [5.41, 5.74) is 0.782. The Kier molecular flexibility index (Phi) is 8.00. The summed E-state index contributed by atoms with van der Waals surface area (Å²) in [6.07, 6.45) is -0.565. The zero-order valence-corrected chi connectivity index (χ0v) is 17.8. The molecule has 0 aliphatic carbocycles. The minimum absolute atomic E-state index is 0.0476. The SMILES string of the molecule is Cc1ccc([C@@H](C(C)C)[C@H](C)OC(=O)[C@H](C)CC(=O)OC(C)(C)C)c(F)c1. The zero-order valence-electron chi connectivity index (χ0n) is 17.8. The molecule has 0 radical (unpaired) electrons. The molecule has 0 bridgehead atoms. The lowest BCUT2D eigenvalue weighted by Gasteiger charge is -2.29. The summed E-state index contributed by atoms with van der Waals surface area (Å²) in [6.45, 7) is 14.5. The van der Waals surface area contributed by atoms with E-state index < -0.39 is 29.6 Å². The number of hydrogen-bond acceptors (Lipinski definition) is 4. The number of halogens is 1. The Morgan fingerprint density at radius 3 is 2.19 bits per heavy atom. The quantitative estimate of drug-likeness (QED) is 0.612. The number of esters is 2. The molecule has 0 N–H and O–H groups in total. The molecule has 0 amide bonds. The van der Waals surface area contributed by atoms with Gasteiger partial charge in [-0.15, -0.1) is 0 Å². The summed E-state index contributed by atoms with van der Waals surface area (Å²) in [5.74, 6) is -2.04. The number of rotatable bonds is 7. The Morgan fingerprint density at radius 1 is 1.11 bits per heavy atom. The van der Waals surface area contributed by atoms with Crippen molar-refractivity contribution in [2.75, 3.05) is 0 Å². The van der Waals surface area contributed by atoms with Crippen molar-refractivity contribution in [1.82, 2.24) is 0 Å². The third kappa shape index (κ3) is 7.31. The lowest BCUT2D eigenvalue weighted by Crippen LogP contribution is -2.31. The van der Waals surface area contributed by atoms with Crippen LogP contribution >= 0.6 is 0 Å². The van der Waals surface area contributed by atoms with Crippen LogP contribution in [-0.2, 0) is 19.1 Å². The van der Waals surface area contributed by atoms with Gasteiger partial charge in [-0.1, -0.05) is 32.9 Å². The second kappa shape index (κ2) is 9.34. The van der Waals surface area contributed by atoms with Gasteiger partial charge in [-0.05, 0) is 57.7 Å². The molecule has 5 heteroatoms. The van der Waals surface area contributed by atoms with Crippen LogP contribution in [0.3, 0.4) is 0 Å². The maximum atomic E-state index is 14.4. The molecule has 0 spiro atoms. The van der Waals surface area contributed by atoms with Crippen LogP contribution in [0.15, 0.2) is 18.2 Å². The van der Waals surface area contributed by atoms with E-state index in [0.717, 1.165) is 5.56 Å². The van der Waals surface area contributed by atoms with Crippen LogP contribution in [0.1, 0.15) is 71.9 Å². The summed E-state index contributed by atoms with van der Waals surface area (Å²) in [5, 5.41) is 0. The van der Waals surface area contributed by atoms with Gasteiger partial charge >= 0.3 is 11.9 Å². The molecule has 1 rings (SSSR count). The second-order valence-corrected chi connectivity index (χ2v) is 8.63. The van der Waals surface area contributed by atoms with Crippen molar-refractivity contribution < 1.29 is 23.5 Å². The fourth-order valence-electron chi connectivity index (χ4n) is 3.15. The topological polar surface area (TPSA) is 52.6 Å². The van der Waals surface area contributed by atoms with E-state index in [-0.39, 0.29) is 24.1 Å². The van der Waals surface area contributed by atoms with Crippen LogP contribution in [0.5, 0.6) is 0 Å². The van der Waals surface area contributed by atoms with Gasteiger partial charge in [0.05, 0.1) is 12.3 Å². The second-order valence-electron chi connectivity index (χ2n) is 8.63. The van der Waals surface area contributed by atoms with Gasteiger partial charge in [0.15, 0.2) is 0 Å². The third-order valence-electron chi connectivity index (χ3n) is 4.34. The molecule has 0 heterocycles. The van der Waals surface area contributed by atoms with Gasteiger partial charge in [-0.3, -0.25) is 9.59 Å². The molecular formula is C22H33FO4. The fourth-order valence-corrected chi connectivity index (χ4v) is 3.15. The summed E-state index contributed by atoms with van der Waals surface area (Å²) >= 11 is 0. The van der Waals surface area contributed by atoms with Gasteiger partial charge in [-0.2, -0.15) is 0 Å². The minimum Gasteiger partial charge on any atom is -0.462 e. The Balaban J connectivity index is 2.82. The standard InChI is InChI=1S/C22H33FO4/c1-13(2)20(17-10-9-14(3)11-18(17)23)16(5)26-21(25)15(4)12-19(24)27-22(6,7)8/h9-11,13,15-16,20H,12H2,1-8H3/t15-,16+,20+/m1/s1. The van der Waals surface area contributed by atoms with Gasteiger partial charge < -0.3 is 9.47 Å². The molecule has 3 atom stereocenters. The van der Waals surface area contributed by atoms with Crippen molar-refractivity contribution in [2.24, 2.45) is 11.8 Å². The van der Waals surface area contributed by atoms with E-state index in [1.165, 1.54) is 6.07 Å². The molecule has 152 valence electrons. The van der Waals surface area contributed by atoms with Crippen molar-refractivity contribution >= 4 is 11.9 Å². The first-order valence-corrected chi connectivity index (χ1v) is 9.50. The number of carbonyl (C=O) groups excluding carboxylic acids is 2. The molecular weight excluding hydrogens is 347 g/mol. The van der Waals surface area contributed by atoms with E-state index in [9.17, 15) is 14.0 Å². The highest BCUT2D eigenvalue weighted by atomic mass is 19.1. The number of ether oxygens (including phenoxy) is 2. The number of aryl methyl sites for hydroxylation is 1. The van der Waals surface area contributed by atoms with Crippen molar-refractivity contribution in [2.45, 2.75) is 79.4 Å². The largest absolute Gasteiger partial charge is 0.462 e. The van der Waals surface area contributed by atoms with E-state index in [1.807, 2.05) is 26.8 Å². The van der Waals surface area contributed by atoms with E-state index >= 15 is 0 Å². The van der Waals surface area contributed by atoms with E-state index in [1.54, 1.807) is 40.7 Å². The molecule has 0 aromatic heterocycles. The van der Waals surface area contributed by atoms with E-state index in [4.69, 9.17) is 9.47 Å². The average molecular weight is 381 g/mol. The van der Waals surface area contributed by atoms with Crippen molar-refractivity contribution in [3.8, 4) is 0 Å². The maximum absolute atomic E-state index is 14.4. The first kappa shape index (κ1) is 23.1. The average Bonchev–Trinajstić information content (AvgIpc) is 2.47. The first-order valence-electron chi connectivity index (χ1n) is 9.50. The zero-order chi connectivity index (χ0) is 20.9. The highest BCUT2D eigenvalue weighted by Crippen LogP contribution is 2.32. The smallest absolute Gasteiger partial charge is 0.309 e. The maximum Gasteiger partial charge on any atom is 0.309 e. The first-order chi connectivity index (χ1) is 12.3. The predicted octanol–water partition coefficient (Wildman–Crippen LogP) is 5.17. The molecule has 1 aromatic carbocycles. The van der Waals surface area contributed by atoms with Crippen molar-refractivity contribution in [3.63, 3.8) is 0 Å². The molecule has 1 aromatic rings. The van der Waals surface area contributed by atoms with Crippen LogP contribution in [0.2, 0.25) is 0 Å². The summed E-state index contributed by atoms with van der Waals surface area (Å²) < 4.78 is 25.3. The normalized spacial score (nSPS) is 15.2. The minimum atomic E-state index is -0.627. The lowest BCUT2D eigenvalue weighted by molar-refractivity contribution is -0.163. The highest BCUT2D eigenvalue weighted by molar-refractivity contribution is 5.80. The van der Waals surface area contributed by atoms with Gasteiger partial charge in [0.1, 0.15) is 17.5 Å². The van der Waals surface area contributed by atoms with E-state index in [0.29, 0.717) is 5.56 Å². The highest BCUT2D eigenvalue weighted by Gasteiger charge is 2.30. The molecule has 4 nitrogen and oxygen atoms in total. The van der Waals surface area contributed by atoms with Crippen LogP contribution < -0.4 is 0 Å². The summed E-state index contributed by atoms with van der Waals surface area (Å²) in [7, 11) is 0. The summed E-state index contributed by atoms with van der Waals surface area (Å²) in [4.78, 5) is 24.3. The van der Waals surface area contributed by atoms with Crippen LogP contribution in [-0.4, -0.2) is 23.6 Å². The molecule has 0 aliphatic rings.